The third kappa shape index (κ3) is 4.10. The summed E-state index contributed by atoms with van der Waals surface area (Å²) in [7, 11) is 1.61. The number of methoxy groups -OCH3 is 1. The Morgan fingerprint density at radius 3 is 2.81 bits per heavy atom. The summed E-state index contributed by atoms with van der Waals surface area (Å²) >= 11 is 0. The van der Waals surface area contributed by atoms with Crippen molar-refractivity contribution in [3.8, 4) is 0 Å². The van der Waals surface area contributed by atoms with Crippen LogP contribution in [0.1, 0.15) is 39.0 Å². The van der Waals surface area contributed by atoms with E-state index in [9.17, 15) is 9.90 Å². The monoisotopic (exact) mass is 229 g/mol. The van der Waals surface area contributed by atoms with Crippen LogP contribution in [-0.4, -0.2) is 36.9 Å². The highest BCUT2D eigenvalue weighted by Crippen LogP contribution is 2.24. The molecule has 0 aromatic rings. The van der Waals surface area contributed by atoms with Crippen LogP contribution in [0.15, 0.2) is 0 Å². The van der Waals surface area contributed by atoms with Crippen LogP contribution in [0.4, 0.5) is 0 Å². The lowest BCUT2D eigenvalue weighted by Gasteiger charge is -2.31. The number of nitrogens with one attached hydrogen (secondary N) is 1. The maximum absolute atomic E-state index is 11.7. The summed E-state index contributed by atoms with van der Waals surface area (Å²) in [6.07, 6.45) is 4.65. The van der Waals surface area contributed by atoms with Crippen molar-refractivity contribution in [1.82, 2.24) is 5.32 Å². The van der Waals surface area contributed by atoms with Crippen LogP contribution in [0, 0.1) is 5.92 Å². The van der Waals surface area contributed by atoms with E-state index in [1.807, 2.05) is 6.92 Å². The van der Waals surface area contributed by atoms with Crippen molar-refractivity contribution in [1.29, 1.82) is 0 Å². The lowest BCUT2D eigenvalue weighted by Crippen LogP contribution is -2.44. The van der Waals surface area contributed by atoms with Crippen LogP contribution in [0.5, 0.6) is 0 Å². The van der Waals surface area contributed by atoms with Gasteiger partial charge >= 0.3 is 0 Å². The normalized spacial score (nSPS) is 27.4. The minimum atomic E-state index is -0.0452. The number of aliphatic hydroxyl groups is 1. The van der Waals surface area contributed by atoms with Crippen LogP contribution in [0.25, 0.3) is 0 Å². The average Bonchev–Trinajstić information content (AvgIpc) is 2.29. The number of rotatable bonds is 5. The van der Waals surface area contributed by atoms with E-state index >= 15 is 0 Å². The van der Waals surface area contributed by atoms with Gasteiger partial charge in [0.15, 0.2) is 0 Å². The Balaban J connectivity index is 2.36. The molecule has 16 heavy (non-hydrogen) atoms. The fourth-order valence-corrected chi connectivity index (χ4v) is 2.23. The summed E-state index contributed by atoms with van der Waals surface area (Å²) in [5.74, 6) is 0.259. The first-order chi connectivity index (χ1) is 7.67. The molecule has 0 saturated heterocycles. The molecule has 1 fully saturated rings. The third-order valence-corrected chi connectivity index (χ3v) is 3.37. The van der Waals surface area contributed by atoms with Gasteiger partial charge in [-0.25, -0.2) is 0 Å². The quantitative estimate of drug-likeness (QED) is 0.741. The van der Waals surface area contributed by atoms with Gasteiger partial charge in [-0.15, -0.1) is 0 Å². The number of aliphatic hydroxyl groups excluding tert-OH is 1. The molecule has 1 aliphatic rings. The molecule has 94 valence electrons. The molecule has 1 aliphatic carbocycles. The van der Waals surface area contributed by atoms with Crippen molar-refractivity contribution >= 4 is 5.91 Å². The molecule has 1 amide bonds. The first kappa shape index (κ1) is 13.5. The molecular weight excluding hydrogens is 206 g/mol. The van der Waals surface area contributed by atoms with Crippen LogP contribution in [0.3, 0.4) is 0 Å². The van der Waals surface area contributed by atoms with Gasteiger partial charge in [-0.3, -0.25) is 4.79 Å². The smallest absolute Gasteiger partial charge is 0.222 e. The molecule has 0 heterocycles. The molecule has 0 bridgehead atoms. The Morgan fingerprint density at radius 1 is 1.50 bits per heavy atom. The van der Waals surface area contributed by atoms with E-state index in [1.165, 1.54) is 0 Å². The molecule has 2 N–H and O–H groups in total. The van der Waals surface area contributed by atoms with Gasteiger partial charge in [0.1, 0.15) is 0 Å². The van der Waals surface area contributed by atoms with Crippen molar-refractivity contribution in [3.05, 3.63) is 0 Å². The van der Waals surface area contributed by atoms with Crippen LogP contribution < -0.4 is 5.32 Å². The van der Waals surface area contributed by atoms with Crippen LogP contribution in [-0.2, 0) is 9.53 Å². The van der Waals surface area contributed by atoms with Gasteiger partial charge in [-0.2, -0.15) is 0 Å². The first-order valence-electron chi connectivity index (χ1n) is 6.10. The Labute approximate surface area is 97.4 Å². The number of carbonyl (C=O) groups is 1. The zero-order valence-electron chi connectivity index (χ0n) is 10.2. The highest BCUT2D eigenvalue weighted by atomic mass is 16.5. The highest BCUT2D eigenvalue weighted by molar-refractivity contribution is 5.76. The van der Waals surface area contributed by atoms with Crippen molar-refractivity contribution < 1.29 is 14.6 Å². The highest BCUT2D eigenvalue weighted by Gasteiger charge is 2.25. The summed E-state index contributed by atoms with van der Waals surface area (Å²) in [5, 5.41) is 12.2. The lowest BCUT2D eigenvalue weighted by molar-refractivity contribution is -0.124. The van der Waals surface area contributed by atoms with E-state index in [2.05, 4.69) is 5.32 Å². The largest absolute Gasteiger partial charge is 0.396 e. The van der Waals surface area contributed by atoms with E-state index in [0.29, 0.717) is 6.42 Å². The topological polar surface area (TPSA) is 58.6 Å². The molecular formula is C12H23NO3. The number of carbonyl (C=O) groups excluding carboxylic acids is 1. The van der Waals surface area contributed by atoms with Gasteiger partial charge in [0, 0.05) is 25.7 Å². The second-order valence-corrected chi connectivity index (χ2v) is 4.65. The zero-order valence-corrected chi connectivity index (χ0v) is 10.2. The van der Waals surface area contributed by atoms with Gasteiger partial charge in [-0.05, 0) is 19.8 Å². The summed E-state index contributed by atoms with van der Waals surface area (Å²) in [6.45, 7) is 2.05. The summed E-state index contributed by atoms with van der Waals surface area (Å²) in [5.41, 5.74) is 0. The van der Waals surface area contributed by atoms with E-state index in [1.54, 1.807) is 7.11 Å². The summed E-state index contributed by atoms with van der Waals surface area (Å²) < 4.78 is 5.05. The van der Waals surface area contributed by atoms with Gasteiger partial charge in [0.2, 0.25) is 5.91 Å². The maximum Gasteiger partial charge on any atom is 0.222 e. The van der Waals surface area contributed by atoms with Crippen molar-refractivity contribution in [3.63, 3.8) is 0 Å². The maximum atomic E-state index is 11.7. The Hall–Kier alpha value is -0.610. The molecule has 4 heteroatoms. The number of hydrogen-bond acceptors (Lipinski definition) is 3. The summed E-state index contributed by atoms with van der Waals surface area (Å²) in [4.78, 5) is 11.7. The van der Waals surface area contributed by atoms with E-state index in [4.69, 9.17) is 4.74 Å². The predicted molar refractivity (Wildman–Crippen MR) is 62.1 cm³/mol. The fraction of sp³-hybridized carbons (Fsp3) is 0.917. The van der Waals surface area contributed by atoms with Gasteiger partial charge in [0.05, 0.1) is 12.5 Å². The van der Waals surface area contributed by atoms with Crippen molar-refractivity contribution in [2.45, 2.75) is 51.2 Å². The molecule has 0 aromatic carbocycles. The van der Waals surface area contributed by atoms with E-state index in [-0.39, 0.29) is 30.6 Å². The molecule has 1 saturated carbocycles. The lowest BCUT2D eigenvalue weighted by atomic mass is 9.85. The van der Waals surface area contributed by atoms with Crippen molar-refractivity contribution in [2.75, 3.05) is 13.7 Å². The molecule has 0 radical (unpaired) electrons. The number of hydrogen-bond donors (Lipinski definition) is 2. The number of amides is 1. The molecule has 0 aromatic heterocycles. The average molecular weight is 229 g/mol. The standard InChI is InChI=1S/C12H23NO3/c1-9(16-2)7-12(15)13-11-6-4-3-5-10(11)8-14/h9-11,14H,3-8H2,1-2H3,(H,13,15). The molecule has 3 atom stereocenters. The minimum absolute atomic E-state index is 0.0275. The SMILES string of the molecule is COC(C)CC(=O)NC1CCCCC1CO. The second-order valence-electron chi connectivity index (χ2n) is 4.65. The molecule has 3 unspecified atom stereocenters. The van der Waals surface area contributed by atoms with Crippen LogP contribution in [0.2, 0.25) is 0 Å². The molecule has 0 spiro atoms. The Kier molecular flexibility index (Phi) is 5.77. The fourth-order valence-electron chi connectivity index (χ4n) is 2.23. The van der Waals surface area contributed by atoms with Crippen molar-refractivity contribution in [2.24, 2.45) is 5.92 Å². The zero-order chi connectivity index (χ0) is 12.0. The second kappa shape index (κ2) is 6.86. The molecule has 0 aliphatic heterocycles. The van der Waals surface area contributed by atoms with Gasteiger partial charge in [0.25, 0.3) is 0 Å². The van der Waals surface area contributed by atoms with Crippen LogP contribution >= 0.6 is 0 Å². The molecule has 1 rings (SSSR count). The molecule has 4 nitrogen and oxygen atoms in total. The van der Waals surface area contributed by atoms with Gasteiger partial charge < -0.3 is 15.2 Å². The summed E-state index contributed by atoms with van der Waals surface area (Å²) in [6, 6.07) is 0.148. The minimum Gasteiger partial charge on any atom is -0.396 e. The van der Waals surface area contributed by atoms with E-state index in [0.717, 1.165) is 25.7 Å². The third-order valence-electron chi connectivity index (χ3n) is 3.37. The Morgan fingerprint density at radius 2 is 2.19 bits per heavy atom. The Bertz CT molecular complexity index is 220. The predicted octanol–water partition coefficient (Wildman–Crippen LogP) is 1.08. The first-order valence-corrected chi connectivity index (χ1v) is 6.10. The van der Waals surface area contributed by atoms with Gasteiger partial charge in [-0.1, -0.05) is 12.8 Å². The van der Waals surface area contributed by atoms with E-state index < -0.39 is 0 Å². The number of ether oxygens (including phenoxy) is 1.